The molecule has 7 heteroatoms. The van der Waals surface area contributed by atoms with E-state index in [4.69, 9.17) is 18.9 Å². The van der Waals surface area contributed by atoms with Crippen molar-refractivity contribution in [2.45, 2.75) is 26.2 Å². The molecule has 0 bridgehead atoms. The summed E-state index contributed by atoms with van der Waals surface area (Å²) in [5.74, 6) is 1.95. The van der Waals surface area contributed by atoms with E-state index in [1.807, 2.05) is 37.3 Å². The summed E-state index contributed by atoms with van der Waals surface area (Å²) in [5.41, 5.74) is 1.56. The number of hydrogen-bond donors (Lipinski definition) is 0. The van der Waals surface area contributed by atoms with Gasteiger partial charge in [0.1, 0.15) is 0 Å². The number of nitrogens with zero attached hydrogens (tertiary/aromatic N) is 1. The van der Waals surface area contributed by atoms with Gasteiger partial charge in [-0.15, -0.1) is 0 Å². The first-order chi connectivity index (χ1) is 17.6. The molecule has 37 heavy (non-hydrogen) atoms. The fourth-order valence-electron chi connectivity index (χ4n) is 3.42. The van der Waals surface area contributed by atoms with Gasteiger partial charge < -0.3 is 23.4 Å². The molecule has 0 fully saturated rings. The second kappa shape index (κ2) is 14.9. The van der Waals surface area contributed by atoms with E-state index in [0.717, 1.165) is 35.0 Å². The highest BCUT2D eigenvalue weighted by Crippen LogP contribution is 2.29. The summed E-state index contributed by atoms with van der Waals surface area (Å²) in [7, 11) is 9.59. The number of ketones is 2. The van der Waals surface area contributed by atoms with Gasteiger partial charge in [0.2, 0.25) is 0 Å². The average molecular weight is 511 g/mol. The number of ether oxygens (including phenoxy) is 4. The lowest BCUT2D eigenvalue weighted by Crippen LogP contribution is -2.35. The Morgan fingerprint density at radius 3 is 1.68 bits per heavy atom. The van der Waals surface area contributed by atoms with Gasteiger partial charge in [-0.1, -0.05) is 31.2 Å². The van der Waals surface area contributed by atoms with Gasteiger partial charge in [0, 0.05) is 6.42 Å². The molecule has 0 saturated heterocycles. The molecular weight excluding hydrogens is 470 g/mol. The Morgan fingerprint density at radius 2 is 1.24 bits per heavy atom. The minimum absolute atomic E-state index is 0.216. The van der Waals surface area contributed by atoms with Crippen LogP contribution in [0.25, 0.3) is 12.2 Å². The van der Waals surface area contributed by atoms with E-state index in [0.29, 0.717) is 36.2 Å². The highest BCUT2D eigenvalue weighted by molar-refractivity contribution is 6.10. The second-order valence-electron chi connectivity index (χ2n) is 9.66. The van der Waals surface area contributed by atoms with Crippen LogP contribution in [0, 0.1) is 0 Å². The summed E-state index contributed by atoms with van der Waals surface area (Å²) in [4.78, 5) is 24.6. The first-order valence-corrected chi connectivity index (χ1v) is 12.5. The topological polar surface area (TPSA) is 71.1 Å². The van der Waals surface area contributed by atoms with Crippen molar-refractivity contribution in [2.75, 3.05) is 55.1 Å². The molecule has 0 saturated carbocycles. The highest BCUT2D eigenvalue weighted by atomic mass is 16.5. The van der Waals surface area contributed by atoms with Crippen molar-refractivity contribution in [3.63, 3.8) is 0 Å². The monoisotopic (exact) mass is 510 g/mol. The number of allylic oxidation sites excluding steroid dienone is 2. The number of rotatable bonds is 16. The zero-order valence-electron chi connectivity index (χ0n) is 22.9. The molecule has 2 rings (SSSR count). The molecule has 0 aliphatic carbocycles. The summed E-state index contributed by atoms with van der Waals surface area (Å²) in [6, 6.07) is 10.9. The molecule has 0 atom stereocenters. The van der Waals surface area contributed by atoms with Gasteiger partial charge in [-0.25, -0.2) is 0 Å². The van der Waals surface area contributed by atoms with Crippen molar-refractivity contribution in [3.05, 3.63) is 59.7 Å². The zero-order valence-corrected chi connectivity index (χ0v) is 22.9. The van der Waals surface area contributed by atoms with E-state index in [9.17, 15) is 9.59 Å². The molecule has 0 N–H and O–H groups in total. The van der Waals surface area contributed by atoms with Crippen LogP contribution in [-0.2, 0) is 9.59 Å². The predicted molar refractivity (Wildman–Crippen MR) is 147 cm³/mol. The molecule has 0 aliphatic heterocycles. The summed E-state index contributed by atoms with van der Waals surface area (Å²) in [6.45, 7) is 4.23. The van der Waals surface area contributed by atoms with Gasteiger partial charge >= 0.3 is 0 Å². The maximum absolute atomic E-state index is 12.3. The SMILES string of the molecule is CCCOc1ccc(/C=C/C(=O)CC(=O)/C=C/c2ccc(OCCC[N+](C)(C)C)c(OC)c2)cc1OC. The van der Waals surface area contributed by atoms with Crippen LogP contribution in [0.5, 0.6) is 23.0 Å². The number of carbonyl (C=O) groups is 2. The first kappa shape index (κ1) is 29.6. The Labute approximate surface area is 220 Å². The highest BCUT2D eigenvalue weighted by Gasteiger charge is 2.10. The largest absolute Gasteiger partial charge is 0.493 e. The fourth-order valence-corrected chi connectivity index (χ4v) is 3.42. The summed E-state index contributed by atoms with van der Waals surface area (Å²) < 4.78 is 23.2. The van der Waals surface area contributed by atoms with Crippen molar-refractivity contribution < 1.29 is 33.0 Å². The van der Waals surface area contributed by atoms with Crippen LogP contribution in [0.2, 0.25) is 0 Å². The minimum atomic E-state index is -0.282. The molecule has 0 amide bonds. The van der Waals surface area contributed by atoms with Gasteiger partial charge in [0.25, 0.3) is 0 Å². The van der Waals surface area contributed by atoms with Gasteiger partial charge in [-0.05, 0) is 54.0 Å². The standard InChI is InChI=1S/C30H40NO6/c1-7-18-36-27-15-11-23(20-29(27)34-5)9-13-25(32)22-26(33)14-10-24-12-16-28(30(21-24)35-6)37-19-8-17-31(2,3)4/h9-16,20-21H,7-8,17-19,22H2,1-6H3/q+1/b13-9+,14-10+. The van der Waals surface area contributed by atoms with Gasteiger partial charge in [0.15, 0.2) is 34.6 Å². The lowest BCUT2D eigenvalue weighted by Gasteiger charge is -2.23. The molecule has 0 aliphatic rings. The number of benzene rings is 2. The average Bonchev–Trinajstić information content (AvgIpc) is 2.87. The molecule has 2 aromatic rings. The fraction of sp³-hybridized carbons (Fsp3) is 0.400. The molecule has 0 radical (unpaired) electrons. The van der Waals surface area contributed by atoms with E-state index < -0.39 is 0 Å². The Kier molecular flexibility index (Phi) is 11.9. The van der Waals surface area contributed by atoms with E-state index in [-0.39, 0.29) is 18.0 Å². The van der Waals surface area contributed by atoms with Crippen LogP contribution in [0.15, 0.2) is 48.6 Å². The van der Waals surface area contributed by atoms with Crippen molar-refractivity contribution in [1.82, 2.24) is 0 Å². The van der Waals surface area contributed by atoms with Crippen molar-refractivity contribution in [1.29, 1.82) is 0 Å². The smallest absolute Gasteiger partial charge is 0.163 e. The van der Waals surface area contributed by atoms with Crippen molar-refractivity contribution >= 4 is 23.7 Å². The number of methoxy groups -OCH3 is 2. The van der Waals surface area contributed by atoms with E-state index >= 15 is 0 Å². The Balaban J connectivity index is 1.91. The van der Waals surface area contributed by atoms with Crippen LogP contribution >= 0.6 is 0 Å². The third kappa shape index (κ3) is 10.9. The van der Waals surface area contributed by atoms with Crippen LogP contribution in [0.3, 0.4) is 0 Å². The summed E-state index contributed by atoms with van der Waals surface area (Å²) >= 11 is 0. The van der Waals surface area contributed by atoms with Crippen LogP contribution in [-0.4, -0.2) is 71.2 Å². The van der Waals surface area contributed by atoms with Crippen molar-refractivity contribution in [3.8, 4) is 23.0 Å². The maximum atomic E-state index is 12.3. The van der Waals surface area contributed by atoms with Crippen molar-refractivity contribution in [2.24, 2.45) is 0 Å². The first-order valence-electron chi connectivity index (χ1n) is 12.5. The van der Waals surface area contributed by atoms with E-state index in [1.165, 1.54) is 12.2 Å². The number of quaternary nitrogens is 1. The molecule has 0 aromatic heterocycles. The summed E-state index contributed by atoms with van der Waals surface area (Å²) in [6.07, 6.45) is 7.75. The van der Waals surface area contributed by atoms with Crippen LogP contribution < -0.4 is 18.9 Å². The molecule has 7 nitrogen and oxygen atoms in total. The Bertz CT molecular complexity index is 1100. The molecule has 0 spiro atoms. The van der Waals surface area contributed by atoms with Gasteiger partial charge in [-0.3, -0.25) is 9.59 Å². The normalized spacial score (nSPS) is 11.6. The Hall–Kier alpha value is -3.58. The Morgan fingerprint density at radius 1 is 0.757 bits per heavy atom. The van der Waals surface area contributed by atoms with E-state index in [1.54, 1.807) is 32.4 Å². The third-order valence-corrected chi connectivity index (χ3v) is 5.34. The third-order valence-electron chi connectivity index (χ3n) is 5.34. The minimum Gasteiger partial charge on any atom is -0.493 e. The molecule has 0 heterocycles. The number of hydrogen-bond acceptors (Lipinski definition) is 6. The molecule has 200 valence electrons. The predicted octanol–water partition coefficient (Wildman–Crippen LogP) is 5.22. The van der Waals surface area contributed by atoms with E-state index in [2.05, 4.69) is 21.1 Å². The number of carbonyl (C=O) groups excluding carboxylic acids is 2. The van der Waals surface area contributed by atoms with Gasteiger partial charge in [0.05, 0.1) is 61.5 Å². The van der Waals surface area contributed by atoms with Gasteiger partial charge in [-0.2, -0.15) is 0 Å². The second-order valence-corrected chi connectivity index (χ2v) is 9.66. The van der Waals surface area contributed by atoms with Crippen LogP contribution in [0.1, 0.15) is 37.3 Å². The maximum Gasteiger partial charge on any atom is 0.163 e. The van der Waals surface area contributed by atoms with Crippen LogP contribution in [0.4, 0.5) is 0 Å². The molecule has 0 unspecified atom stereocenters. The zero-order chi connectivity index (χ0) is 27.3. The molecular formula is C30H40NO6+. The quantitative estimate of drug-likeness (QED) is 0.133. The molecule has 2 aromatic carbocycles. The summed E-state index contributed by atoms with van der Waals surface area (Å²) in [5, 5.41) is 0. The lowest BCUT2D eigenvalue weighted by molar-refractivity contribution is -0.870. The lowest BCUT2D eigenvalue weighted by atomic mass is 10.1.